The van der Waals surface area contributed by atoms with Gasteiger partial charge in [-0.05, 0) is 60.4 Å². The van der Waals surface area contributed by atoms with Crippen molar-refractivity contribution in [2.24, 2.45) is 0 Å². The Balaban J connectivity index is 1.31. The molecule has 5 nitrogen and oxygen atoms in total. The quantitative estimate of drug-likeness (QED) is 0.367. The van der Waals surface area contributed by atoms with Crippen LogP contribution in [0.25, 0.3) is 0 Å². The molecule has 39 heavy (non-hydrogen) atoms. The largest absolute Gasteiger partial charge is 0.378 e. The number of hydrogen-bond acceptors (Lipinski definition) is 4. The minimum Gasteiger partial charge on any atom is -0.378 e. The zero-order valence-electron chi connectivity index (χ0n) is 21.2. The van der Waals surface area contributed by atoms with Crippen molar-refractivity contribution in [3.8, 4) is 0 Å². The normalized spacial score (nSPS) is 21.7. The third-order valence-electron chi connectivity index (χ3n) is 7.19. The van der Waals surface area contributed by atoms with Gasteiger partial charge in [0.05, 0.1) is 19.1 Å². The maximum atomic E-state index is 14.9. The van der Waals surface area contributed by atoms with Crippen LogP contribution in [0.4, 0.5) is 18.9 Å². The first-order valence-electron chi connectivity index (χ1n) is 12.9. The molecule has 2 aliphatic rings. The average Bonchev–Trinajstić information content (AvgIpc) is 3.34. The highest BCUT2D eigenvalue weighted by molar-refractivity contribution is 6.30. The van der Waals surface area contributed by atoms with E-state index in [2.05, 4.69) is 10.6 Å². The van der Waals surface area contributed by atoms with Gasteiger partial charge in [0.1, 0.15) is 23.1 Å². The van der Waals surface area contributed by atoms with Gasteiger partial charge in [0.25, 0.3) is 0 Å². The van der Waals surface area contributed by atoms with E-state index in [0.717, 1.165) is 19.0 Å². The number of halogens is 4. The molecule has 0 saturated carbocycles. The van der Waals surface area contributed by atoms with Crippen LogP contribution < -0.4 is 10.6 Å². The minimum atomic E-state index is -0.768. The van der Waals surface area contributed by atoms with Crippen molar-refractivity contribution < 1.29 is 27.4 Å². The Morgan fingerprint density at radius 2 is 1.87 bits per heavy atom. The lowest BCUT2D eigenvalue weighted by Gasteiger charge is -2.38. The molecule has 1 radical (unpaired) electrons. The van der Waals surface area contributed by atoms with Gasteiger partial charge in [0, 0.05) is 54.4 Å². The molecule has 3 aromatic rings. The van der Waals surface area contributed by atoms with E-state index in [1.165, 1.54) is 30.7 Å². The fourth-order valence-electron chi connectivity index (χ4n) is 5.25. The summed E-state index contributed by atoms with van der Waals surface area (Å²) in [4.78, 5) is 13.2. The first kappa shape index (κ1) is 27.6. The van der Waals surface area contributed by atoms with Gasteiger partial charge in [-0.3, -0.25) is 4.79 Å². The van der Waals surface area contributed by atoms with Gasteiger partial charge in [0.2, 0.25) is 5.91 Å². The molecule has 2 saturated heterocycles. The van der Waals surface area contributed by atoms with E-state index in [-0.39, 0.29) is 17.3 Å². The average molecular weight is 558 g/mol. The predicted octanol–water partition coefficient (Wildman–Crippen LogP) is 5.81. The third-order valence-corrected chi connectivity index (χ3v) is 7.44. The number of anilines is 1. The maximum absolute atomic E-state index is 14.9. The van der Waals surface area contributed by atoms with Gasteiger partial charge >= 0.3 is 0 Å². The molecule has 2 N–H and O–H groups in total. The number of carbonyl (C=O) groups excluding carboxylic acids is 1. The summed E-state index contributed by atoms with van der Waals surface area (Å²) in [5.41, 5.74) is 1.24. The Kier molecular flexibility index (Phi) is 8.57. The molecular formula is C30H29ClF3N2O3. The van der Waals surface area contributed by atoms with Crippen molar-refractivity contribution >= 4 is 23.2 Å². The lowest BCUT2D eigenvalue weighted by atomic mass is 9.88. The summed E-state index contributed by atoms with van der Waals surface area (Å²) < 4.78 is 54.9. The number of amides is 1. The lowest BCUT2D eigenvalue weighted by Crippen LogP contribution is -2.54. The van der Waals surface area contributed by atoms with Crippen LogP contribution in [0.15, 0.2) is 60.7 Å². The fourth-order valence-corrected chi connectivity index (χ4v) is 5.38. The Hall–Kier alpha value is -2.91. The molecule has 1 amide bonds. The molecule has 3 aromatic carbocycles. The van der Waals surface area contributed by atoms with Crippen LogP contribution in [-0.2, 0) is 20.7 Å². The Morgan fingerprint density at radius 3 is 2.59 bits per heavy atom. The minimum absolute atomic E-state index is 0.118. The van der Waals surface area contributed by atoms with Gasteiger partial charge in [-0.15, -0.1) is 0 Å². The second-order valence-electron chi connectivity index (χ2n) is 10.0. The van der Waals surface area contributed by atoms with E-state index in [4.69, 9.17) is 21.1 Å². The summed E-state index contributed by atoms with van der Waals surface area (Å²) in [5, 5.41) is 6.65. The Labute approximate surface area is 230 Å². The van der Waals surface area contributed by atoms with Gasteiger partial charge in [-0.1, -0.05) is 29.8 Å². The lowest BCUT2D eigenvalue weighted by molar-refractivity contribution is -0.118. The summed E-state index contributed by atoms with van der Waals surface area (Å²) >= 11 is 6.02. The van der Waals surface area contributed by atoms with Crippen LogP contribution in [0.3, 0.4) is 0 Å². The standard InChI is InChI=1S/C30H29ClF3N2O3/c31-21-6-4-19(5-7-21)26(20-12-22(32)14-23(33)13-20)15-29(37)36-28-3-1-2-27(34)25(28)9-8-24-16-35-17-30(39-24)10-11-38-18-30/h1-7,12-15,24,26,35H,8-11,16-18H2,(H,36,37)/t24-,26+,30?/m1/s1. The molecule has 9 heteroatoms. The number of hydrogen-bond donors (Lipinski definition) is 2. The monoisotopic (exact) mass is 557 g/mol. The van der Waals surface area contributed by atoms with Crippen molar-refractivity contribution in [1.29, 1.82) is 0 Å². The molecular weight excluding hydrogens is 529 g/mol. The number of ether oxygens (including phenoxy) is 2. The van der Waals surface area contributed by atoms with Crippen molar-refractivity contribution in [3.63, 3.8) is 0 Å². The van der Waals surface area contributed by atoms with Crippen LogP contribution in [0, 0.1) is 23.9 Å². The van der Waals surface area contributed by atoms with E-state index in [9.17, 15) is 18.0 Å². The number of carbonyl (C=O) groups is 1. The smallest absolute Gasteiger partial charge is 0.229 e. The molecule has 3 atom stereocenters. The first-order valence-corrected chi connectivity index (χ1v) is 13.3. The van der Waals surface area contributed by atoms with Crippen molar-refractivity contribution in [1.82, 2.24) is 5.32 Å². The molecule has 0 aliphatic carbocycles. The zero-order chi connectivity index (χ0) is 27.4. The van der Waals surface area contributed by atoms with Crippen molar-refractivity contribution in [2.45, 2.75) is 36.9 Å². The number of rotatable bonds is 8. The van der Waals surface area contributed by atoms with Crippen LogP contribution in [0.2, 0.25) is 5.02 Å². The van der Waals surface area contributed by atoms with Gasteiger partial charge in [-0.25, -0.2) is 13.2 Å². The second kappa shape index (κ2) is 12.1. The number of morpholine rings is 1. The molecule has 1 unspecified atom stereocenters. The van der Waals surface area contributed by atoms with Crippen molar-refractivity contribution in [2.75, 3.05) is 31.6 Å². The Bertz CT molecular complexity index is 1300. The molecule has 2 aliphatic heterocycles. The molecule has 5 rings (SSSR count). The molecule has 2 fully saturated rings. The third kappa shape index (κ3) is 6.81. The summed E-state index contributed by atoms with van der Waals surface area (Å²) in [6.07, 6.45) is 2.92. The maximum Gasteiger partial charge on any atom is 0.229 e. The zero-order valence-corrected chi connectivity index (χ0v) is 21.9. The van der Waals surface area contributed by atoms with Crippen LogP contribution in [-0.4, -0.2) is 43.9 Å². The molecule has 205 valence electrons. The molecule has 1 spiro atoms. The van der Waals surface area contributed by atoms with Crippen LogP contribution in [0.5, 0.6) is 0 Å². The highest BCUT2D eigenvalue weighted by atomic mass is 35.5. The van der Waals surface area contributed by atoms with Gasteiger partial charge in [-0.2, -0.15) is 0 Å². The molecule has 0 bridgehead atoms. The number of nitrogens with one attached hydrogen (secondary N) is 2. The summed E-state index contributed by atoms with van der Waals surface area (Å²) in [6.45, 7) is 2.58. The first-order chi connectivity index (χ1) is 18.8. The molecule has 2 heterocycles. The highest BCUT2D eigenvalue weighted by Gasteiger charge is 2.40. The van der Waals surface area contributed by atoms with Gasteiger partial charge < -0.3 is 20.1 Å². The number of benzene rings is 3. The van der Waals surface area contributed by atoms with E-state index in [1.54, 1.807) is 30.3 Å². The summed E-state index contributed by atoms with van der Waals surface area (Å²) in [5.74, 6) is -3.25. The highest BCUT2D eigenvalue weighted by Crippen LogP contribution is 2.32. The Morgan fingerprint density at radius 1 is 1.10 bits per heavy atom. The second-order valence-corrected chi connectivity index (χ2v) is 10.5. The van der Waals surface area contributed by atoms with Crippen molar-refractivity contribution in [3.05, 3.63) is 106 Å². The van der Waals surface area contributed by atoms with Gasteiger partial charge in [0.15, 0.2) is 0 Å². The van der Waals surface area contributed by atoms with E-state index in [1.807, 2.05) is 0 Å². The van der Waals surface area contributed by atoms with E-state index < -0.39 is 29.3 Å². The molecule has 0 aromatic heterocycles. The SMILES string of the molecule is O=C([CH][C@@H](c1ccc(Cl)cc1)c1cc(F)cc(F)c1)Nc1cccc(F)c1CC[C@@H]1CNCC2(CCOC2)O1. The van der Waals surface area contributed by atoms with E-state index in [0.29, 0.717) is 54.4 Å². The fraction of sp³-hybridized carbons (Fsp3) is 0.333. The topological polar surface area (TPSA) is 59.6 Å². The predicted molar refractivity (Wildman–Crippen MR) is 143 cm³/mol. The van der Waals surface area contributed by atoms with E-state index >= 15 is 0 Å². The van der Waals surface area contributed by atoms with Crippen LogP contribution >= 0.6 is 11.6 Å². The summed E-state index contributed by atoms with van der Waals surface area (Å²) in [6, 6.07) is 14.3. The summed E-state index contributed by atoms with van der Waals surface area (Å²) in [7, 11) is 0. The van der Waals surface area contributed by atoms with Crippen LogP contribution in [0.1, 0.15) is 35.4 Å².